The van der Waals surface area contributed by atoms with Crippen LogP contribution in [0.3, 0.4) is 0 Å². The van der Waals surface area contributed by atoms with Crippen LogP contribution in [0.5, 0.6) is 0 Å². The summed E-state index contributed by atoms with van der Waals surface area (Å²) in [5, 5.41) is 0.547. The molecule has 12 heteroatoms. The predicted octanol–water partition coefficient (Wildman–Crippen LogP) is 4.88. The Bertz CT molecular complexity index is 1460. The van der Waals surface area contributed by atoms with Gasteiger partial charge in [-0.25, -0.2) is 8.42 Å². The lowest BCUT2D eigenvalue weighted by atomic mass is 10.2. The van der Waals surface area contributed by atoms with E-state index in [1.807, 2.05) is 0 Å². The Labute approximate surface area is 223 Å². The molecule has 2 heterocycles. The predicted molar refractivity (Wildman–Crippen MR) is 140 cm³/mol. The van der Waals surface area contributed by atoms with Gasteiger partial charge < -0.3 is 9.30 Å². The van der Waals surface area contributed by atoms with Gasteiger partial charge in [0.1, 0.15) is 6.54 Å². The minimum atomic E-state index is -3.63. The standard InChI is InChI=1S/C24H25Cl2N3O5S2/c1-2-34-20(30)15-29-22-19(12-11-18(25)21(22)26)35-24(29)27-23(31)16-7-9-17(10-8-16)36(32,33)28-13-5-3-4-6-14-28/h7-12H,2-6,13-15H2,1H3. The fraction of sp³-hybridized carbons (Fsp3) is 0.375. The van der Waals surface area contributed by atoms with Crippen molar-refractivity contribution < 1.29 is 22.7 Å². The van der Waals surface area contributed by atoms with Gasteiger partial charge in [0.2, 0.25) is 10.0 Å². The molecule has 3 aromatic rings. The molecule has 0 spiro atoms. The third-order valence-electron chi connectivity index (χ3n) is 5.83. The van der Waals surface area contributed by atoms with Crippen LogP contribution >= 0.6 is 34.5 Å². The number of sulfonamides is 1. The second kappa shape index (κ2) is 11.4. The zero-order valence-corrected chi connectivity index (χ0v) is 22.7. The van der Waals surface area contributed by atoms with Crippen LogP contribution in [-0.4, -0.2) is 48.9 Å². The smallest absolute Gasteiger partial charge is 0.326 e. The first-order valence-corrected chi connectivity index (χ1v) is 14.6. The first kappa shape index (κ1) is 26.8. The molecule has 1 aliphatic heterocycles. The Morgan fingerprint density at radius 2 is 1.69 bits per heavy atom. The van der Waals surface area contributed by atoms with Gasteiger partial charge in [-0.05, 0) is 56.2 Å². The van der Waals surface area contributed by atoms with Gasteiger partial charge in [-0.3, -0.25) is 9.59 Å². The zero-order valence-electron chi connectivity index (χ0n) is 19.6. The topological polar surface area (TPSA) is 98.0 Å². The van der Waals surface area contributed by atoms with Crippen LogP contribution in [0.25, 0.3) is 10.2 Å². The number of benzene rings is 2. The number of hydrogen-bond acceptors (Lipinski definition) is 6. The Morgan fingerprint density at radius 1 is 1.03 bits per heavy atom. The SMILES string of the molecule is CCOC(=O)Cn1c(=NC(=O)c2ccc(S(=O)(=O)N3CCCCCC3)cc2)sc2ccc(Cl)c(Cl)c21. The van der Waals surface area contributed by atoms with Gasteiger partial charge in [0.15, 0.2) is 4.80 Å². The lowest BCUT2D eigenvalue weighted by Crippen LogP contribution is -2.31. The molecule has 4 rings (SSSR count). The maximum absolute atomic E-state index is 13.0. The number of hydrogen-bond donors (Lipinski definition) is 0. The Kier molecular flexibility index (Phi) is 8.52. The summed E-state index contributed by atoms with van der Waals surface area (Å²) in [4.78, 5) is 29.8. The van der Waals surface area contributed by atoms with E-state index < -0.39 is 21.9 Å². The molecule has 2 aromatic carbocycles. The molecule has 0 saturated carbocycles. The second-order valence-corrected chi connectivity index (χ2v) is 12.0. The third-order valence-corrected chi connectivity index (χ3v) is 9.58. The highest BCUT2D eigenvalue weighted by molar-refractivity contribution is 7.89. The van der Waals surface area contributed by atoms with E-state index in [1.54, 1.807) is 19.1 Å². The maximum Gasteiger partial charge on any atom is 0.326 e. The molecule has 0 bridgehead atoms. The van der Waals surface area contributed by atoms with Gasteiger partial charge in [0.25, 0.3) is 5.91 Å². The number of aromatic nitrogens is 1. The van der Waals surface area contributed by atoms with E-state index in [9.17, 15) is 18.0 Å². The number of thiazole rings is 1. The average Bonchev–Trinajstić information content (AvgIpc) is 3.02. The van der Waals surface area contributed by atoms with E-state index in [4.69, 9.17) is 27.9 Å². The second-order valence-electron chi connectivity index (χ2n) is 8.24. The van der Waals surface area contributed by atoms with E-state index in [0.29, 0.717) is 28.3 Å². The highest BCUT2D eigenvalue weighted by atomic mass is 35.5. The molecule has 0 unspecified atom stereocenters. The fourth-order valence-electron chi connectivity index (χ4n) is 4.02. The van der Waals surface area contributed by atoms with E-state index in [2.05, 4.69) is 4.99 Å². The summed E-state index contributed by atoms with van der Waals surface area (Å²) >= 11 is 13.8. The fourth-order valence-corrected chi connectivity index (χ4v) is 7.05. The third kappa shape index (κ3) is 5.68. The van der Waals surface area contributed by atoms with Crippen molar-refractivity contribution in [3.8, 4) is 0 Å². The van der Waals surface area contributed by atoms with Crippen molar-refractivity contribution in [2.75, 3.05) is 19.7 Å². The Hall–Kier alpha value is -2.24. The van der Waals surface area contributed by atoms with Crippen molar-refractivity contribution in [1.82, 2.24) is 8.87 Å². The van der Waals surface area contributed by atoms with Crippen LogP contribution in [0, 0.1) is 0 Å². The summed E-state index contributed by atoms with van der Waals surface area (Å²) in [6, 6.07) is 9.12. The van der Waals surface area contributed by atoms with Crippen LogP contribution < -0.4 is 4.80 Å². The molecule has 1 amide bonds. The van der Waals surface area contributed by atoms with E-state index in [1.165, 1.54) is 44.5 Å². The van der Waals surface area contributed by atoms with Crippen molar-refractivity contribution in [3.05, 3.63) is 56.8 Å². The summed E-state index contributed by atoms with van der Waals surface area (Å²) in [5.74, 6) is -1.09. The molecule has 1 saturated heterocycles. The van der Waals surface area contributed by atoms with Crippen molar-refractivity contribution in [2.45, 2.75) is 44.0 Å². The van der Waals surface area contributed by atoms with Crippen LogP contribution in [-0.2, 0) is 26.1 Å². The van der Waals surface area contributed by atoms with Gasteiger partial charge in [-0.15, -0.1) is 0 Å². The molecular formula is C24H25Cl2N3O5S2. The van der Waals surface area contributed by atoms with Crippen molar-refractivity contribution in [1.29, 1.82) is 0 Å². The van der Waals surface area contributed by atoms with E-state index in [-0.39, 0.29) is 33.4 Å². The molecule has 36 heavy (non-hydrogen) atoms. The molecule has 0 atom stereocenters. The van der Waals surface area contributed by atoms with Gasteiger partial charge in [0.05, 0.1) is 31.8 Å². The average molecular weight is 571 g/mol. The number of amides is 1. The van der Waals surface area contributed by atoms with Crippen LogP contribution in [0.1, 0.15) is 43.0 Å². The van der Waals surface area contributed by atoms with Gasteiger partial charge >= 0.3 is 5.97 Å². The minimum absolute atomic E-state index is 0.140. The van der Waals surface area contributed by atoms with Crippen molar-refractivity contribution in [3.63, 3.8) is 0 Å². The first-order valence-electron chi connectivity index (χ1n) is 11.5. The van der Waals surface area contributed by atoms with Gasteiger partial charge in [-0.2, -0.15) is 9.30 Å². The van der Waals surface area contributed by atoms with E-state index in [0.717, 1.165) is 25.7 Å². The number of ether oxygens (including phenoxy) is 1. The quantitative estimate of drug-likeness (QED) is 0.394. The van der Waals surface area contributed by atoms with Crippen LogP contribution in [0.4, 0.5) is 0 Å². The van der Waals surface area contributed by atoms with Gasteiger partial charge in [-0.1, -0.05) is 47.4 Å². The maximum atomic E-state index is 13.0. The summed E-state index contributed by atoms with van der Waals surface area (Å²) in [6.07, 6.45) is 3.72. The number of fused-ring (bicyclic) bond motifs is 1. The highest BCUT2D eigenvalue weighted by Gasteiger charge is 2.25. The van der Waals surface area contributed by atoms with E-state index >= 15 is 0 Å². The number of carbonyl (C=O) groups excluding carboxylic acids is 2. The Morgan fingerprint density at radius 3 is 2.33 bits per heavy atom. The minimum Gasteiger partial charge on any atom is -0.465 e. The lowest BCUT2D eigenvalue weighted by molar-refractivity contribution is -0.143. The zero-order chi connectivity index (χ0) is 25.9. The number of nitrogens with zero attached hydrogens (tertiary/aromatic N) is 3. The summed E-state index contributed by atoms with van der Waals surface area (Å²) in [6.45, 7) is 2.69. The summed E-state index contributed by atoms with van der Waals surface area (Å²) in [5.41, 5.74) is 0.696. The van der Waals surface area contributed by atoms with Crippen LogP contribution in [0.15, 0.2) is 46.3 Å². The monoisotopic (exact) mass is 569 g/mol. The van der Waals surface area contributed by atoms with Gasteiger partial charge in [0, 0.05) is 18.7 Å². The number of carbonyl (C=O) groups is 2. The molecule has 1 aliphatic rings. The van der Waals surface area contributed by atoms with Crippen molar-refractivity contribution in [2.24, 2.45) is 4.99 Å². The Balaban J connectivity index is 1.68. The number of esters is 1. The number of halogens is 2. The molecule has 0 radical (unpaired) electrons. The van der Waals surface area contributed by atoms with Crippen molar-refractivity contribution >= 4 is 66.7 Å². The highest BCUT2D eigenvalue weighted by Crippen LogP contribution is 2.32. The summed E-state index contributed by atoms with van der Waals surface area (Å²) in [7, 11) is -3.63. The lowest BCUT2D eigenvalue weighted by Gasteiger charge is -2.19. The molecule has 1 aromatic heterocycles. The van der Waals surface area contributed by atoms with Crippen LogP contribution in [0.2, 0.25) is 10.0 Å². The molecule has 0 N–H and O–H groups in total. The molecule has 192 valence electrons. The molecule has 8 nitrogen and oxygen atoms in total. The molecular weight excluding hydrogens is 545 g/mol. The summed E-state index contributed by atoms with van der Waals surface area (Å²) < 4.78 is 34.8. The first-order chi connectivity index (χ1) is 17.2. The molecule has 1 fully saturated rings. The normalized spacial score (nSPS) is 15.7. The number of rotatable bonds is 6. The largest absolute Gasteiger partial charge is 0.465 e. The molecule has 0 aliphatic carbocycles.